The van der Waals surface area contributed by atoms with Crippen molar-refractivity contribution in [1.82, 2.24) is 9.13 Å². The summed E-state index contributed by atoms with van der Waals surface area (Å²) in [6.45, 7) is 1.99. The second kappa shape index (κ2) is 9.46. The van der Waals surface area contributed by atoms with Gasteiger partial charge in [-0.3, -0.25) is 5.41 Å². The number of nitrogens with zero attached hydrogens (tertiary/aromatic N) is 6. The topological polar surface area (TPSA) is 95.2 Å². The average Bonchev–Trinajstić information content (AvgIpc) is 3.61. The van der Waals surface area contributed by atoms with Crippen molar-refractivity contribution >= 4 is 50.6 Å². The summed E-state index contributed by atoms with van der Waals surface area (Å²) in [4.78, 5) is 20.4. The van der Waals surface area contributed by atoms with Crippen LogP contribution in [0.1, 0.15) is 35.3 Å². The maximum Gasteiger partial charge on any atom is 0.159 e. The van der Waals surface area contributed by atoms with Crippen LogP contribution in [-0.2, 0) is 14.1 Å². The number of aromatic nitrogens is 2. The third-order valence-corrected chi connectivity index (χ3v) is 8.42. The van der Waals surface area contributed by atoms with Crippen LogP contribution in [0, 0.1) is 5.41 Å². The van der Waals surface area contributed by atoms with Crippen molar-refractivity contribution in [3.8, 4) is 0 Å². The molecule has 0 aliphatic carbocycles. The lowest BCUT2D eigenvalue weighted by Crippen LogP contribution is -2.26. The van der Waals surface area contributed by atoms with Gasteiger partial charge in [-0.05, 0) is 6.92 Å². The average molecular weight is 561 g/mol. The van der Waals surface area contributed by atoms with E-state index in [-0.39, 0.29) is 12.0 Å². The molecule has 8 heteroatoms. The first-order chi connectivity index (χ1) is 21.0. The second-order valence-electron chi connectivity index (χ2n) is 10.9. The van der Waals surface area contributed by atoms with E-state index in [0.717, 1.165) is 61.1 Å². The van der Waals surface area contributed by atoms with E-state index in [0.29, 0.717) is 16.9 Å². The molecule has 4 aromatic carbocycles. The molecule has 1 atom stereocenters. The van der Waals surface area contributed by atoms with E-state index in [1.165, 1.54) is 0 Å². The van der Waals surface area contributed by atoms with Gasteiger partial charge in [0, 0.05) is 63.6 Å². The molecule has 208 valence electrons. The predicted octanol–water partition coefficient (Wildman–Crippen LogP) is 5.96. The molecule has 8 rings (SSSR count). The third-order valence-electron chi connectivity index (χ3n) is 8.42. The smallest absolute Gasteiger partial charge is 0.159 e. The minimum Gasteiger partial charge on any atom is -0.346 e. The maximum absolute atomic E-state index is 9.16. The molecular weight excluding hydrogens is 532 g/mol. The van der Waals surface area contributed by atoms with E-state index in [1.54, 1.807) is 0 Å². The van der Waals surface area contributed by atoms with Gasteiger partial charge in [-0.25, -0.2) is 20.0 Å². The highest BCUT2D eigenvalue weighted by Crippen LogP contribution is 2.39. The van der Waals surface area contributed by atoms with Crippen LogP contribution in [0.3, 0.4) is 0 Å². The number of hydrogen-bond donors (Lipinski definition) is 2. The number of anilines is 1. The lowest BCUT2D eigenvalue weighted by Gasteiger charge is -2.15. The highest BCUT2D eigenvalue weighted by Gasteiger charge is 2.27. The number of hydrogen-bond acceptors (Lipinski definition) is 5. The molecule has 1 unspecified atom stereocenters. The van der Waals surface area contributed by atoms with Crippen molar-refractivity contribution in [2.45, 2.75) is 13.1 Å². The Morgan fingerprint density at radius 3 is 1.95 bits per heavy atom. The van der Waals surface area contributed by atoms with Gasteiger partial charge in [-0.2, -0.15) is 0 Å². The van der Waals surface area contributed by atoms with Crippen LogP contribution in [-0.4, -0.2) is 26.5 Å². The number of benzene rings is 4. The van der Waals surface area contributed by atoms with Crippen LogP contribution in [0.15, 0.2) is 117 Å². The Morgan fingerprint density at radius 1 is 0.628 bits per heavy atom. The van der Waals surface area contributed by atoms with Crippen LogP contribution >= 0.6 is 0 Å². The molecular formula is C35H28N8. The van der Waals surface area contributed by atoms with Crippen LogP contribution in [0.25, 0.3) is 21.5 Å². The molecule has 4 heterocycles. The number of rotatable bonds is 0. The van der Waals surface area contributed by atoms with E-state index in [9.17, 15) is 0 Å². The Labute approximate surface area is 247 Å². The lowest BCUT2D eigenvalue weighted by atomic mass is 10.0. The first-order valence-corrected chi connectivity index (χ1v) is 14.2. The fraction of sp³-hybridized carbons (Fsp3) is 0.114. The van der Waals surface area contributed by atoms with Crippen molar-refractivity contribution in [2.24, 2.45) is 34.1 Å². The monoisotopic (exact) mass is 560 g/mol. The third kappa shape index (κ3) is 3.80. The standard InChI is InChI=1S/C35H28N8/c1-20-21-12-4-5-13-22(21)29(36)38-33-26-17-9-11-19-28(26)35(43(33)3)41-31-24-15-7-6-14-23(24)30(39-31)40-34-27-18-10-8-16-25(27)32(37-20)42(34)2/h4-19,30,36,40H,1-3H3. The van der Waals surface area contributed by atoms with Gasteiger partial charge in [-0.15, -0.1) is 0 Å². The highest BCUT2D eigenvalue weighted by atomic mass is 15.2. The van der Waals surface area contributed by atoms with Gasteiger partial charge >= 0.3 is 0 Å². The molecule has 6 aromatic rings. The fourth-order valence-electron chi connectivity index (χ4n) is 6.29. The van der Waals surface area contributed by atoms with Gasteiger partial charge in [0.15, 0.2) is 11.7 Å². The Morgan fingerprint density at radius 2 is 1.21 bits per heavy atom. The Hall–Kier alpha value is -5.63. The zero-order chi connectivity index (χ0) is 29.2. The molecule has 0 amide bonds. The van der Waals surface area contributed by atoms with Gasteiger partial charge in [0.1, 0.15) is 28.8 Å². The van der Waals surface area contributed by atoms with Crippen molar-refractivity contribution in [1.29, 1.82) is 5.41 Å². The molecule has 2 N–H and O–H groups in total. The van der Waals surface area contributed by atoms with Crippen LogP contribution in [0.5, 0.6) is 0 Å². The molecule has 0 spiro atoms. The SMILES string of the molecule is CC1=Nc2c3ccccc3c(n2C)NC2N=C(N=c3c4ccccc4c(n3C)=NC(=N)c3ccccc31)c1ccccc12. The molecule has 0 radical (unpaired) electrons. The van der Waals surface area contributed by atoms with E-state index < -0.39 is 0 Å². The summed E-state index contributed by atoms with van der Waals surface area (Å²) < 4.78 is 4.05. The Kier molecular flexibility index (Phi) is 5.52. The zero-order valence-corrected chi connectivity index (χ0v) is 24.0. The summed E-state index contributed by atoms with van der Waals surface area (Å²) in [5, 5.41) is 16.9. The molecule has 6 bridgehead atoms. The van der Waals surface area contributed by atoms with E-state index in [1.807, 2.05) is 92.3 Å². The van der Waals surface area contributed by atoms with Gasteiger partial charge in [0.2, 0.25) is 0 Å². The minimum absolute atomic E-state index is 0.162. The van der Waals surface area contributed by atoms with Crippen LogP contribution in [0.4, 0.5) is 11.6 Å². The predicted molar refractivity (Wildman–Crippen MR) is 173 cm³/mol. The molecule has 0 saturated carbocycles. The number of amidine groups is 2. The minimum atomic E-state index is -0.329. The summed E-state index contributed by atoms with van der Waals surface area (Å²) in [5.41, 5.74) is 5.85. The molecule has 0 fully saturated rings. The van der Waals surface area contributed by atoms with Crippen molar-refractivity contribution in [2.75, 3.05) is 5.32 Å². The fourth-order valence-corrected chi connectivity index (χ4v) is 6.29. The van der Waals surface area contributed by atoms with Gasteiger partial charge in [0.25, 0.3) is 0 Å². The normalized spacial score (nSPS) is 16.0. The lowest BCUT2D eigenvalue weighted by molar-refractivity contribution is 0.813. The second-order valence-corrected chi connectivity index (χ2v) is 10.9. The number of nitrogens with one attached hydrogen (secondary N) is 2. The van der Waals surface area contributed by atoms with Crippen LogP contribution < -0.4 is 16.3 Å². The van der Waals surface area contributed by atoms with Gasteiger partial charge in [0.05, 0.1) is 0 Å². The molecule has 8 nitrogen and oxygen atoms in total. The van der Waals surface area contributed by atoms with Gasteiger partial charge in [-0.1, -0.05) is 97.1 Å². The van der Waals surface area contributed by atoms with E-state index >= 15 is 0 Å². The summed E-state index contributed by atoms with van der Waals surface area (Å²) in [7, 11) is 3.98. The van der Waals surface area contributed by atoms with Gasteiger partial charge < -0.3 is 14.5 Å². The molecule has 0 saturated heterocycles. The molecule has 43 heavy (non-hydrogen) atoms. The zero-order valence-electron chi connectivity index (χ0n) is 24.0. The Bertz CT molecular complexity index is 2330. The van der Waals surface area contributed by atoms with E-state index in [2.05, 4.69) is 40.2 Å². The van der Waals surface area contributed by atoms with Crippen molar-refractivity contribution < 1.29 is 0 Å². The molecule has 2 aromatic heterocycles. The first-order valence-electron chi connectivity index (χ1n) is 14.2. The first kappa shape index (κ1) is 25.1. The maximum atomic E-state index is 9.16. The molecule has 2 aliphatic heterocycles. The van der Waals surface area contributed by atoms with E-state index in [4.69, 9.17) is 25.4 Å². The van der Waals surface area contributed by atoms with Crippen molar-refractivity contribution in [3.63, 3.8) is 0 Å². The van der Waals surface area contributed by atoms with Crippen molar-refractivity contribution in [3.05, 3.63) is 130 Å². The largest absolute Gasteiger partial charge is 0.346 e. The quantitative estimate of drug-likeness (QED) is 0.236. The number of aliphatic imine (C=N–C) groups is 2. The summed E-state index contributed by atoms with van der Waals surface area (Å²) in [5.74, 6) is 2.58. The Balaban J connectivity index is 1.49. The van der Waals surface area contributed by atoms with Crippen LogP contribution in [0.2, 0.25) is 0 Å². The summed E-state index contributed by atoms with van der Waals surface area (Å²) in [6, 6.07) is 32.5. The summed E-state index contributed by atoms with van der Waals surface area (Å²) in [6.07, 6.45) is -0.329. The summed E-state index contributed by atoms with van der Waals surface area (Å²) >= 11 is 0. The number of fused-ring (bicyclic) bond motifs is 15. The molecule has 2 aliphatic rings. The highest BCUT2D eigenvalue weighted by molar-refractivity contribution is 6.13.